The Hall–Kier alpha value is -3.25. The second kappa shape index (κ2) is 10.1. The summed E-state index contributed by atoms with van der Waals surface area (Å²) in [5.74, 6) is -1.98. The molecule has 1 aliphatic carbocycles. The Balaban J connectivity index is 1.57. The Morgan fingerprint density at radius 3 is 2.48 bits per heavy atom. The molecule has 2 aromatic rings. The fourth-order valence-corrected chi connectivity index (χ4v) is 3.60. The van der Waals surface area contributed by atoms with Gasteiger partial charge in [-0.3, -0.25) is 14.6 Å². The average Bonchev–Trinajstić information content (AvgIpc) is 3.18. The van der Waals surface area contributed by atoms with Gasteiger partial charge in [0, 0.05) is 24.5 Å². The molecule has 0 atom stereocenters. The maximum atomic E-state index is 13.3. The number of nitrogens with zero attached hydrogens (tertiary/aromatic N) is 2. The predicted molar refractivity (Wildman–Crippen MR) is 109 cm³/mol. The highest BCUT2D eigenvalue weighted by Gasteiger charge is 2.34. The molecule has 1 saturated carbocycles. The van der Waals surface area contributed by atoms with Crippen molar-refractivity contribution in [2.75, 3.05) is 11.9 Å². The predicted octanol–water partition coefficient (Wildman–Crippen LogP) is 3.88. The van der Waals surface area contributed by atoms with E-state index in [0.29, 0.717) is 31.5 Å². The van der Waals surface area contributed by atoms with Crippen molar-refractivity contribution in [3.63, 3.8) is 0 Å². The first kappa shape index (κ1) is 24.4. The van der Waals surface area contributed by atoms with E-state index in [1.165, 1.54) is 10.5 Å². The summed E-state index contributed by atoms with van der Waals surface area (Å²) in [5.41, 5.74) is -1.52. The molecule has 1 fully saturated rings. The summed E-state index contributed by atoms with van der Waals surface area (Å²) < 4.78 is 77.9. The molecule has 2 aromatic heterocycles. The number of carbonyl (C=O) groups excluding carboxylic acids is 1. The summed E-state index contributed by atoms with van der Waals surface area (Å²) in [6, 6.07) is 4.30. The third-order valence-corrected chi connectivity index (χ3v) is 5.20. The summed E-state index contributed by atoms with van der Waals surface area (Å²) in [6.07, 6.45) is -3.46. The Bertz CT molecular complexity index is 1030. The van der Waals surface area contributed by atoms with Crippen LogP contribution in [0.15, 0.2) is 36.2 Å². The first-order chi connectivity index (χ1) is 15.5. The second-order valence-electron chi connectivity index (χ2n) is 7.60. The summed E-state index contributed by atoms with van der Waals surface area (Å²) in [5, 5.41) is 14.9. The normalized spacial score (nSPS) is 19.5. The summed E-state index contributed by atoms with van der Waals surface area (Å²) in [6.45, 7) is -0.783. The van der Waals surface area contributed by atoms with Gasteiger partial charge in [0.1, 0.15) is 17.0 Å². The first-order valence-corrected chi connectivity index (χ1v) is 10.1. The van der Waals surface area contributed by atoms with Crippen LogP contribution in [-0.2, 0) is 11.0 Å². The number of imidazole rings is 1. The van der Waals surface area contributed by atoms with E-state index in [0.717, 1.165) is 12.4 Å². The number of carbonyl (C=O) groups is 1. The zero-order valence-corrected chi connectivity index (χ0v) is 17.2. The van der Waals surface area contributed by atoms with Crippen LogP contribution in [-0.4, -0.2) is 46.3 Å². The number of fused-ring (bicyclic) bond motifs is 1. The van der Waals surface area contributed by atoms with Gasteiger partial charge in [-0.05, 0) is 37.8 Å². The molecule has 180 valence electrons. The molecule has 0 aliphatic heterocycles. The molecule has 0 bridgehead atoms. The van der Waals surface area contributed by atoms with E-state index in [9.17, 15) is 31.1 Å². The molecule has 3 rings (SSSR count). The minimum absolute atomic E-state index is 0.0808. The molecule has 1 aliphatic rings. The quantitative estimate of drug-likeness (QED) is 0.264. The highest BCUT2D eigenvalue weighted by atomic mass is 19.4. The number of rotatable bonds is 8. The van der Waals surface area contributed by atoms with E-state index < -0.39 is 42.3 Å². The Morgan fingerprint density at radius 1 is 1.21 bits per heavy atom. The van der Waals surface area contributed by atoms with Gasteiger partial charge in [-0.25, -0.2) is 13.8 Å². The molecule has 4 N–H and O–H groups in total. The minimum Gasteiger partial charge on any atom is -0.384 e. The van der Waals surface area contributed by atoms with Crippen molar-refractivity contribution in [3.05, 3.63) is 41.9 Å². The largest absolute Gasteiger partial charge is 0.434 e. The van der Waals surface area contributed by atoms with Gasteiger partial charge in [0.25, 0.3) is 12.3 Å². The van der Waals surface area contributed by atoms with Crippen LogP contribution in [0.2, 0.25) is 0 Å². The molecule has 0 unspecified atom stereocenters. The Morgan fingerprint density at radius 2 is 1.88 bits per heavy atom. The number of halogens is 6. The number of hydrogen-bond donors (Lipinski definition) is 4. The average molecular weight is 476 g/mol. The Labute approximate surface area is 184 Å². The van der Waals surface area contributed by atoms with Gasteiger partial charge >= 0.3 is 6.18 Å². The van der Waals surface area contributed by atoms with Crippen molar-refractivity contribution in [3.8, 4) is 0 Å². The standard InChI is InChI=1S/C20H22F6N6O/c21-15(22)9-28-8-13(18(23)27)19(33)30-12-6-4-11(5-7-12)29-16-2-1-3-17-31-14(10-32(16)17)20(24,25)26/h1-3,8,10-12,15,27-29H,4-7,9H2,(H,30,33)/b13-8+,27-18?. The number of aromatic nitrogens is 2. The van der Waals surface area contributed by atoms with Crippen LogP contribution in [0.4, 0.5) is 32.2 Å². The van der Waals surface area contributed by atoms with E-state index in [4.69, 9.17) is 5.41 Å². The van der Waals surface area contributed by atoms with Crippen LogP contribution in [0.25, 0.3) is 5.65 Å². The van der Waals surface area contributed by atoms with Crippen LogP contribution in [0.3, 0.4) is 0 Å². The lowest BCUT2D eigenvalue weighted by atomic mass is 9.91. The van der Waals surface area contributed by atoms with Crippen LogP contribution in [0, 0.1) is 5.41 Å². The minimum atomic E-state index is -4.56. The highest BCUT2D eigenvalue weighted by Crippen LogP contribution is 2.30. The van der Waals surface area contributed by atoms with Gasteiger partial charge in [0.05, 0.1) is 6.54 Å². The molecular weight excluding hydrogens is 454 g/mol. The maximum Gasteiger partial charge on any atom is 0.434 e. The monoisotopic (exact) mass is 476 g/mol. The number of amides is 1. The van der Waals surface area contributed by atoms with Gasteiger partial charge in [-0.15, -0.1) is 0 Å². The fourth-order valence-electron chi connectivity index (χ4n) is 3.60. The molecule has 0 saturated heterocycles. The van der Waals surface area contributed by atoms with Crippen molar-refractivity contribution in [2.45, 2.75) is 50.4 Å². The fraction of sp³-hybridized carbons (Fsp3) is 0.450. The van der Waals surface area contributed by atoms with Crippen molar-refractivity contribution < 1.29 is 31.1 Å². The van der Waals surface area contributed by atoms with Gasteiger partial charge < -0.3 is 16.0 Å². The molecule has 1 amide bonds. The van der Waals surface area contributed by atoms with Crippen LogP contribution in [0.1, 0.15) is 31.4 Å². The summed E-state index contributed by atoms with van der Waals surface area (Å²) >= 11 is 0. The third-order valence-electron chi connectivity index (χ3n) is 5.20. The number of pyridine rings is 1. The molecular formula is C20H22F6N6O. The number of hydrogen-bond acceptors (Lipinski definition) is 5. The molecule has 2 heterocycles. The molecule has 0 aromatic carbocycles. The van der Waals surface area contributed by atoms with Crippen molar-refractivity contribution in [1.29, 1.82) is 5.41 Å². The lowest BCUT2D eigenvalue weighted by Crippen LogP contribution is -2.41. The number of alkyl halides is 5. The van der Waals surface area contributed by atoms with E-state index in [2.05, 4.69) is 20.9 Å². The zero-order chi connectivity index (χ0) is 24.2. The second-order valence-corrected chi connectivity index (χ2v) is 7.60. The third kappa shape index (κ3) is 6.39. The molecule has 0 radical (unpaired) electrons. The smallest absolute Gasteiger partial charge is 0.384 e. The van der Waals surface area contributed by atoms with E-state index in [1.54, 1.807) is 12.1 Å². The maximum absolute atomic E-state index is 13.3. The van der Waals surface area contributed by atoms with E-state index in [-0.39, 0.29) is 17.7 Å². The first-order valence-electron chi connectivity index (χ1n) is 10.1. The van der Waals surface area contributed by atoms with Gasteiger partial charge in [-0.2, -0.15) is 17.6 Å². The van der Waals surface area contributed by atoms with Crippen LogP contribution < -0.4 is 16.0 Å². The van der Waals surface area contributed by atoms with E-state index >= 15 is 0 Å². The van der Waals surface area contributed by atoms with Gasteiger partial charge in [-0.1, -0.05) is 6.07 Å². The lowest BCUT2D eigenvalue weighted by molar-refractivity contribution is -0.140. The van der Waals surface area contributed by atoms with Crippen LogP contribution in [0.5, 0.6) is 0 Å². The van der Waals surface area contributed by atoms with Gasteiger partial charge in [0.15, 0.2) is 5.69 Å². The number of nitrogens with one attached hydrogen (secondary N) is 4. The molecule has 33 heavy (non-hydrogen) atoms. The molecule has 0 spiro atoms. The van der Waals surface area contributed by atoms with Crippen LogP contribution >= 0.6 is 0 Å². The lowest BCUT2D eigenvalue weighted by Gasteiger charge is -2.30. The summed E-state index contributed by atoms with van der Waals surface area (Å²) in [7, 11) is 0. The van der Waals surface area contributed by atoms with Gasteiger partial charge in [0.2, 0.25) is 5.97 Å². The van der Waals surface area contributed by atoms with Crippen molar-refractivity contribution in [2.24, 2.45) is 0 Å². The van der Waals surface area contributed by atoms with Crippen molar-refractivity contribution >= 4 is 23.3 Å². The van der Waals surface area contributed by atoms with E-state index in [1.807, 2.05) is 0 Å². The molecule has 7 nitrogen and oxygen atoms in total. The summed E-state index contributed by atoms with van der Waals surface area (Å²) in [4.78, 5) is 15.8. The molecule has 13 heteroatoms. The topological polar surface area (TPSA) is 94.3 Å². The Kier molecular flexibility index (Phi) is 7.49. The zero-order valence-electron chi connectivity index (χ0n) is 17.2. The SMILES string of the molecule is N=C(F)/C(=C\NCC(F)F)C(=O)NC1CCC(Nc2cccc3nc(C(F)(F)F)cn23)CC1. The number of anilines is 1. The van der Waals surface area contributed by atoms with Crippen molar-refractivity contribution in [1.82, 2.24) is 20.0 Å². The highest BCUT2D eigenvalue weighted by molar-refractivity contribution is 6.16.